The zero-order valence-corrected chi connectivity index (χ0v) is 15.1. The van der Waals surface area contributed by atoms with Crippen LogP contribution in [-0.2, 0) is 4.74 Å². The number of nitrogens with one attached hydrogen (secondary N) is 1. The summed E-state index contributed by atoms with van der Waals surface area (Å²) in [4.78, 5) is 11.8. The fourth-order valence-electron chi connectivity index (χ4n) is 2.12. The number of hydrogen-bond donors (Lipinski definition) is 1. The number of carbonyl (C=O) groups is 1. The zero-order valence-electron chi connectivity index (χ0n) is 13.6. The Kier molecular flexibility index (Phi) is 6.76. The minimum atomic E-state index is -0.421. The third-order valence-electron chi connectivity index (χ3n) is 3.35. The van der Waals surface area contributed by atoms with Gasteiger partial charge in [0.2, 0.25) is 0 Å². The number of unbranched alkanes of at least 4 members (excludes halogenated alkanes) is 1. The number of anilines is 2. The first kappa shape index (κ1) is 18.4. The SMILES string of the molecule is CCCCOc1c(Cl)cc(Nc2ccccc2C(=O)OC)cc1Cl. The molecular formula is C18H19Cl2NO3. The Hall–Kier alpha value is -1.91. The summed E-state index contributed by atoms with van der Waals surface area (Å²) < 4.78 is 10.4. The first-order valence-electron chi connectivity index (χ1n) is 7.63. The first-order valence-corrected chi connectivity index (χ1v) is 8.38. The van der Waals surface area contributed by atoms with Gasteiger partial charge in [0.1, 0.15) is 0 Å². The second-order valence-electron chi connectivity index (χ2n) is 5.13. The average molecular weight is 368 g/mol. The van der Waals surface area contributed by atoms with Gasteiger partial charge in [-0.2, -0.15) is 0 Å². The largest absolute Gasteiger partial charge is 0.490 e. The van der Waals surface area contributed by atoms with Crippen LogP contribution < -0.4 is 10.1 Å². The topological polar surface area (TPSA) is 47.6 Å². The van der Waals surface area contributed by atoms with Crippen LogP contribution in [0.25, 0.3) is 0 Å². The van der Waals surface area contributed by atoms with Gasteiger partial charge in [-0.15, -0.1) is 0 Å². The molecule has 2 aromatic rings. The van der Waals surface area contributed by atoms with E-state index in [1.165, 1.54) is 7.11 Å². The summed E-state index contributed by atoms with van der Waals surface area (Å²) >= 11 is 12.5. The molecule has 2 rings (SSSR count). The number of para-hydroxylation sites is 1. The van der Waals surface area contributed by atoms with Gasteiger partial charge < -0.3 is 14.8 Å². The Morgan fingerprint density at radius 2 is 1.83 bits per heavy atom. The van der Waals surface area contributed by atoms with E-state index in [0.29, 0.717) is 39.3 Å². The quantitative estimate of drug-likeness (QED) is 0.503. The molecule has 0 amide bonds. The molecule has 6 heteroatoms. The lowest BCUT2D eigenvalue weighted by molar-refractivity contribution is 0.0602. The lowest BCUT2D eigenvalue weighted by Gasteiger charge is -2.14. The van der Waals surface area contributed by atoms with Crippen LogP contribution in [0.4, 0.5) is 11.4 Å². The van der Waals surface area contributed by atoms with Gasteiger partial charge in [-0.3, -0.25) is 0 Å². The molecule has 0 unspecified atom stereocenters. The molecule has 0 aliphatic rings. The number of rotatable bonds is 7. The van der Waals surface area contributed by atoms with Gasteiger partial charge in [-0.05, 0) is 30.7 Å². The molecule has 0 spiro atoms. The van der Waals surface area contributed by atoms with Crippen LogP contribution >= 0.6 is 23.2 Å². The fourth-order valence-corrected chi connectivity index (χ4v) is 2.72. The van der Waals surface area contributed by atoms with E-state index in [2.05, 4.69) is 12.2 Å². The first-order chi connectivity index (χ1) is 11.6. The molecule has 4 nitrogen and oxygen atoms in total. The molecule has 0 saturated carbocycles. The molecule has 2 aromatic carbocycles. The molecule has 24 heavy (non-hydrogen) atoms. The molecule has 128 valence electrons. The standard InChI is InChI=1S/C18H19Cl2NO3/c1-3-4-9-24-17-14(19)10-12(11-15(17)20)21-16-8-6-5-7-13(16)18(22)23-2/h5-8,10-11,21H,3-4,9H2,1-2H3. The van der Waals surface area contributed by atoms with Crippen LogP contribution in [-0.4, -0.2) is 19.7 Å². The van der Waals surface area contributed by atoms with E-state index >= 15 is 0 Å². The molecule has 0 aliphatic carbocycles. The van der Waals surface area contributed by atoms with Crippen molar-refractivity contribution in [2.75, 3.05) is 19.0 Å². The number of ether oxygens (including phenoxy) is 2. The van der Waals surface area contributed by atoms with Crippen LogP contribution in [0.3, 0.4) is 0 Å². The third-order valence-corrected chi connectivity index (χ3v) is 3.92. The molecule has 0 bridgehead atoms. The number of hydrogen-bond acceptors (Lipinski definition) is 4. The van der Waals surface area contributed by atoms with E-state index < -0.39 is 5.97 Å². The zero-order chi connectivity index (χ0) is 17.5. The van der Waals surface area contributed by atoms with E-state index in [1.54, 1.807) is 30.3 Å². The summed E-state index contributed by atoms with van der Waals surface area (Å²) in [6, 6.07) is 10.5. The number of halogens is 2. The molecule has 0 radical (unpaired) electrons. The molecule has 0 aromatic heterocycles. The highest BCUT2D eigenvalue weighted by molar-refractivity contribution is 6.37. The minimum absolute atomic E-state index is 0.414. The smallest absolute Gasteiger partial charge is 0.339 e. The Balaban J connectivity index is 2.24. The lowest BCUT2D eigenvalue weighted by atomic mass is 10.1. The number of esters is 1. The van der Waals surface area contributed by atoms with Gasteiger partial charge in [-0.1, -0.05) is 48.7 Å². The van der Waals surface area contributed by atoms with E-state index in [9.17, 15) is 4.79 Å². The fraction of sp³-hybridized carbons (Fsp3) is 0.278. The van der Waals surface area contributed by atoms with E-state index in [1.807, 2.05) is 6.07 Å². The Labute approximate surface area is 151 Å². The van der Waals surface area contributed by atoms with Crippen molar-refractivity contribution in [1.29, 1.82) is 0 Å². The Bertz CT molecular complexity index is 696. The molecule has 0 fully saturated rings. The summed E-state index contributed by atoms with van der Waals surface area (Å²) in [5.41, 5.74) is 1.69. The maximum atomic E-state index is 11.8. The van der Waals surface area contributed by atoms with Crippen molar-refractivity contribution in [2.24, 2.45) is 0 Å². The number of methoxy groups -OCH3 is 1. The maximum Gasteiger partial charge on any atom is 0.339 e. The van der Waals surface area contributed by atoms with Crippen LogP contribution in [0.2, 0.25) is 10.0 Å². The van der Waals surface area contributed by atoms with Crippen molar-refractivity contribution in [3.8, 4) is 5.75 Å². The van der Waals surface area contributed by atoms with Crippen LogP contribution in [0.15, 0.2) is 36.4 Å². The Morgan fingerprint density at radius 3 is 2.46 bits per heavy atom. The van der Waals surface area contributed by atoms with Gasteiger partial charge in [0.05, 0.1) is 35.0 Å². The molecule has 0 aliphatic heterocycles. The third kappa shape index (κ3) is 4.56. The van der Waals surface area contributed by atoms with Gasteiger partial charge >= 0.3 is 5.97 Å². The van der Waals surface area contributed by atoms with Crippen LogP contribution in [0.5, 0.6) is 5.75 Å². The van der Waals surface area contributed by atoms with Crippen molar-refractivity contribution in [2.45, 2.75) is 19.8 Å². The summed E-state index contributed by atoms with van der Waals surface area (Å²) in [6.07, 6.45) is 1.96. The normalized spacial score (nSPS) is 10.3. The van der Waals surface area contributed by atoms with Crippen molar-refractivity contribution in [1.82, 2.24) is 0 Å². The van der Waals surface area contributed by atoms with Gasteiger partial charge in [0, 0.05) is 5.69 Å². The van der Waals surface area contributed by atoms with Crippen molar-refractivity contribution < 1.29 is 14.3 Å². The second-order valence-corrected chi connectivity index (χ2v) is 5.95. The van der Waals surface area contributed by atoms with Gasteiger partial charge in [-0.25, -0.2) is 4.79 Å². The molecular weight excluding hydrogens is 349 g/mol. The highest BCUT2D eigenvalue weighted by Crippen LogP contribution is 2.37. The van der Waals surface area contributed by atoms with E-state index in [0.717, 1.165) is 12.8 Å². The van der Waals surface area contributed by atoms with Crippen molar-refractivity contribution >= 4 is 40.5 Å². The highest BCUT2D eigenvalue weighted by atomic mass is 35.5. The van der Waals surface area contributed by atoms with E-state index in [4.69, 9.17) is 32.7 Å². The summed E-state index contributed by atoms with van der Waals surface area (Å²) in [6.45, 7) is 2.65. The van der Waals surface area contributed by atoms with Gasteiger partial charge in [0.25, 0.3) is 0 Å². The van der Waals surface area contributed by atoms with E-state index in [-0.39, 0.29) is 0 Å². The van der Waals surface area contributed by atoms with Crippen LogP contribution in [0.1, 0.15) is 30.1 Å². The second kappa shape index (κ2) is 8.81. The van der Waals surface area contributed by atoms with Crippen molar-refractivity contribution in [3.05, 3.63) is 52.0 Å². The Morgan fingerprint density at radius 1 is 1.17 bits per heavy atom. The average Bonchev–Trinajstić information content (AvgIpc) is 2.57. The molecule has 1 N–H and O–H groups in total. The predicted molar refractivity (Wildman–Crippen MR) is 97.9 cm³/mol. The predicted octanol–water partition coefficient (Wildman–Crippen LogP) is 5.70. The monoisotopic (exact) mass is 367 g/mol. The lowest BCUT2D eigenvalue weighted by Crippen LogP contribution is -2.05. The van der Waals surface area contributed by atoms with Crippen LogP contribution in [0, 0.1) is 0 Å². The minimum Gasteiger partial charge on any atom is -0.490 e. The summed E-state index contributed by atoms with van der Waals surface area (Å²) in [7, 11) is 1.34. The number of carbonyl (C=O) groups excluding carboxylic acids is 1. The molecule has 0 atom stereocenters. The maximum absolute atomic E-state index is 11.8. The number of benzene rings is 2. The molecule has 0 saturated heterocycles. The summed E-state index contributed by atoms with van der Waals surface area (Å²) in [5, 5.41) is 3.97. The highest BCUT2D eigenvalue weighted by Gasteiger charge is 2.14. The summed E-state index contributed by atoms with van der Waals surface area (Å²) in [5.74, 6) is 0.0494. The van der Waals surface area contributed by atoms with Gasteiger partial charge in [0.15, 0.2) is 5.75 Å². The van der Waals surface area contributed by atoms with Crippen molar-refractivity contribution in [3.63, 3.8) is 0 Å². The molecule has 0 heterocycles.